The van der Waals surface area contributed by atoms with E-state index in [4.69, 9.17) is 16.3 Å². The number of hydrogen-bond donors (Lipinski definition) is 1. The maximum Gasteiger partial charge on any atom is 0.264 e. The zero-order valence-electron chi connectivity index (χ0n) is 23.2. The second kappa shape index (κ2) is 14.2. The van der Waals surface area contributed by atoms with E-state index in [1.165, 1.54) is 17.0 Å². The molecular weight excluding hydrogens is 550 g/mol. The van der Waals surface area contributed by atoms with E-state index in [0.717, 1.165) is 16.3 Å². The van der Waals surface area contributed by atoms with E-state index in [2.05, 4.69) is 5.32 Å². The lowest BCUT2D eigenvalue weighted by Crippen LogP contribution is -2.52. The molecule has 3 rings (SSSR count). The molecule has 0 radical (unpaired) electrons. The van der Waals surface area contributed by atoms with E-state index in [1.54, 1.807) is 80.6 Å². The minimum Gasteiger partial charge on any atom is -0.492 e. The van der Waals surface area contributed by atoms with E-state index >= 15 is 0 Å². The van der Waals surface area contributed by atoms with Gasteiger partial charge in [0.25, 0.3) is 10.0 Å². The van der Waals surface area contributed by atoms with Gasteiger partial charge in [-0.25, -0.2) is 8.42 Å². The number of nitrogens with zero attached hydrogens (tertiary/aromatic N) is 2. The fourth-order valence-corrected chi connectivity index (χ4v) is 5.58. The monoisotopic (exact) mass is 585 g/mol. The molecule has 0 aliphatic heterocycles. The largest absolute Gasteiger partial charge is 0.492 e. The van der Waals surface area contributed by atoms with Crippen molar-refractivity contribution in [2.75, 3.05) is 17.5 Å². The Morgan fingerprint density at radius 2 is 1.55 bits per heavy atom. The molecule has 10 heteroatoms. The lowest BCUT2D eigenvalue weighted by atomic mass is 10.1. The second-order valence-corrected chi connectivity index (χ2v) is 11.7. The molecule has 2 atom stereocenters. The van der Waals surface area contributed by atoms with Crippen molar-refractivity contribution in [3.63, 3.8) is 0 Å². The van der Waals surface area contributed by atoms with E-state index in [0.29, 0.717) is 17.4 Å². The van der Waals surface area contributed by atoms with Crippen molar-refractivity contribution in [2.45, 2.75) is 57.6 Å². The highest BCUT2D eigenvalue weighted by Crippen LogP contribution is 2.33. The first-order chi connectivity index (χ1) is 19.1. The summed E-state index contributed by atoms with van der Waals surface area (Å²) in [6, 6.07) is 20.6. The number of nitrogens with one attached hydrogen (secondary N) is 1. The number of carbonyl (C=O) groups excluding carboxylic acids is 2. The van der Waals surface area contributed by atoms with Crippen LogP contribution in [0.1, 0.15) is 39.7 Å². The molecule has 1 N–H and O–H groups in total. The van der Waals surface area contributed by atoms with Crippen LogP contribution in [0.15, 0.2) is 83.8 Å². The average molecular weight is 586 g/mol. The van der Waals surface area contributed by atoms with Crippen molar-refractivity contribution in [1.82, 2.24) is 10.2 Å². The highest BCUT2D eigenvalue weighted by molar-refractivity contribution is 7.92. The Balaban J connectivity index is 2.06. The Bertz CT molecular complexity index is 1380. The molecule has 0 heterocycles. The average Bonchev–Trinajstić information content (AvgIpc) is 2.96. The lowest BCUT2D eigenvalue weighted by Gasteiger charge is -2.33. The molecule has 0 aliphatic carbocycles. The van der Waals surface area contributed by atoms with Crippen LogP contribution in [0.3, 0.4) is 0 Å². The summed E-state index contributed by atoms with van der Waals surface area (Å²) >= 11 is 6.05. The molecule has 0 aromatic heterocycles. The molecule has 3 aromatic carbocycles. The molecule has 8 nitrogen and oxygen atoms in total. The van der Waals surface area contributed by atoms with Crippen LogP contribution in [0.4, 0.5) is 5.69 Å². The second-order valence-electron chi connectivity index (χ2n) is 9.37. The minimum absolute atomic E-state index is 0.0286. The molecular formula is C30H36ClN3O5S. The van der Waals surface area contributed by atoms with Gasteiger partial charge in [-0.3, -0.25) is 13.9 Å². The normalized spacial score (nSPS) is 12.7. The van der Waals surface area contributed by atoms with Gasteiger partial charge in [0.1, 0.15) is 18.3 Å². The number of ether oxygens (including phenoxy) is 1. The number of benzene rings is 3. The molecule has 214 valence electrons. The first kappa shape index (κ1) is 31.0. The van der Waals surface area contributed by atoms with Crippen molar-refractivity contribution in [3.8, 4) is 5.75 Å². The standard InChI is InChI=1S/C30H36ClN3O5S/c1-5-22(3)32-30(36)23(4)33(20-24-16-18-25(31)19-17-24)29(35)21-34(27-14-10-11-15-28(27)39-6-2)40(37,38)26-12-8-7-9-13-26/h7-19,22-23H,5-6,20-21H2,1-4H3,(H,32,36)/t22-,23-/m0/s1. The van der Waals surface area contributed by atoms with Crippen LogP contribution >= 0.6 is 11.6 Å². The third-order valence-corrected chi connectivity index (χ3v) is 8.50. The number of amides is 2. The van der Waals surface area contributed by atoms with Gasteiger partial charge in [-0.1, -0.05) is 61.0 Å². The molecule has 0 spiro atoms. The van der Waals surface area contributed by atoms with Gasteiger partial charge >= 0.3 is 0 Å². The van der Waals surface area contributed by atoms with Crippen LogP contribution in [-0.4, -0.2) is 50.4 Å². The number of hydrogen-bond acceptors (Lipinski definition) is 5. The van der Waals surface area contributed by atoms with Crippen LogP contribution in [0.5, 0.6) is 5.75 Å². The highest BCUT2D eigenvalue weighted by Gasteiger charge is 2.34. The Labute approximate surface area is 241 Å². The van der Waals surface area contributed by atoms with Crippen molar-refractivity contribution >= 4 is 39.1 Å². The first-order valence-corrected chi connectivity index (χ1v) is 15.0. The van der Waals surface area contributed by atoms with Crippen molar-refractivity contribution in [3.05, 3.63) is 89.4 Å². The predicted octanol–water partition coefficient (Wildman–Crippen LogP) is 5.27. The van der Waals surface area contributed by atoms with E-state index in [1.807, 2.05) is 13.8 Å². The number of sulfonamides is 1. The molecule has 0 bridgehead atoms. The van der Waals surface area contributed by atoms with E-state index in [-0.39, 0.29) is 29.1 Å². The van der Waals surface area contributed by atoms with Gasteiger partial charge in [0.2, 0.25) is 11.8 Å². The number of carbonyl (C=O) groups is 2. The van der Waals surface area contributed by atoms with Crippen LogP contribution in [0.2, 0.25) is 5.02 Å². The van der Waals surface area contributed by atoms with Crippen LogP contribution < -0.4 is 14.4 Å². The van der Waals surface area contributed by atoms with E-state index < -0.39 is 28.5 Å². The summed E-state index contributed by atoms with van der Waals surface area (Å²) in [5, 5.41) is 3.46. The smallest absolute Gasteiger partial charge is 0.264 e. The Morgan fingerprint density at radius 3 is 2.17 bits per heavy atom. The molecule has 0 saturated carbocycles. The van der Waals surface area contributed by atoms with Gasteiger partial charge in [-0.15, -0.1) is 0 Å². The summed E-state index contributed by atoms with van der Waals surface area (Å²) in [7, 11) is -4.18. The molecule has 2 amide bonds. The minimum atomic E-state index is -4.18. The van der Waals surface area contributed by atoms with Gasteiger partial charge < -0.3 is 15.0 Å². The summed E-state index contributed by atoms with van der Waals surface area (Å²) < 4.78 is 34.7. The number of halogens is 1. The summed E-state index contributed by atoms with van der Waals surface area (Å²) in [4.78, 5) is 28.6. The lowest BCUT2D eigenvalue weighted by molar-refractivity contribution is -0.139. The molecule has 3 aromatic rings. The molecule has 0 fully saturated rings. The maximum atomic E-state index is 14.0. The Kier molecular flexibility index (Phi) is 11.0. The Hall–Kier alpha value is -3.56. The van der Waals surface area contributed by atoms with Gasteiger partial charge in [-0.05, 0) is 69.2 Å². The summed E-state index contributed by atoms with van der Waals surface area (Å²) in [5.74, 6) is -0.555. The summed E-state index contributed by atoms with van der Waals surface area (Å²) in [6.45, 7) is 7.11. The SMILES string of the molecule is CCOc1ccccc1N(CC(=O)N(Cc1ccc(Cl)cc1)[C@@H](C)C(=O)N[C@@H](C)CC)S(=O)(=O)c1ccccc1. The number of para-hydroxylation sites is 2. The topological polar surface area (TPSA) is 96.0 Å². The maximum absolute atomic E-state index is 14.0. The third kappa shape index (κ3) is 7.76. The van der Waals surface area contributed by atoms with Crippen LogP contribution in [0.25, 0.3) is 0 Å². The third-order valence-electron chi connectivity index (χ3n) is 6.48. The summed E-state index contributed by atoms with van der Waals surface area (Å²) in [6.07, 6.45) is 0.723. The summed E-state index contributed by atoms with van der Waals surface area (Å²) in [5.41, 5.74) is 0.970. The van der Waals surface area contributed by atoms with Gasteiger partial charge in [-0.2, -0.15) is 0 Å². The van der Waals surface area contributed by atoms with Crippen molar-refractivity contribution in [1.29, 1.82) is 0 Å². The quantitative estimate of drug-likeness (QED) is 0.295. The molecule has 0 unspecified atom stereocenters. The van der Waals surface area contributed by atoms with Crippen molar-refractivity contribution < 1.29 is 22.7 Å². The van der Waals surface area contributed by atoms with Gasteiger partial charge in [0.15, 0.2) is 0 Å². The zero-order valence-corrected chi connectivity index (χ0v) is 24.8. The molecule has 0 aliphatic rings. The van der Waals surface area contributed by atoms with Crippen LogP contribution in [0, 0.1) is 0 Å². The van der Waals surface area contributed by atoms with Crippen LogP contribution in [-0.2, 0) is 26.2 Å². The molecule has 0 saturated heterocycles. The van der Waals surface area contributed by atoms with Gasteiger partial charge in [0, 0.05) is 17.6 Å². The predicted molar refractivity (Wildman–Crippen MR) is 158 cm³/mol. The van der Waals surface area contributed by atoms with Crippen molar-refractivity contribution in [2.24, 2.45) is 0 Å². The highest BCUT2D eigenvalue weighted by atomic mass is 35.5. The van der Waals surface area contributed by atoms with E-state index in [9.17, 15) is 18.0 Å². The fraction of sp³-hybridized carbons (Fsp3) is 0.333. The zero-order chi connectivity index (χ0) is 29.3. The number of rotatable bonds is 13. The molecule has 40 heavy (non-hydrogen) atoms. The first-order valence-electron chi connectivity index (χ1n) is 13.2. The Morgan fingerprint density at radius 1 is 0.925 bits per heavy atom. The number of anilines is 1. The van der Waals surface area contributed by atoms with Gasteiger partial charge in [0.05, 0.1) is 17.2 Å². The fourth-order valence-electron chi connectivity index (χ4n) is 4.01.